The van der Waals surface area contributed by atoms with Crippen molar-refractivity contribution < 1.29 is 23.7 Å². The molecule has 0 saturated carbocycles. The van der Waals surface area contributed by atoms with E-state index < -0.39 is 11.9 Å². The molecule has 2 heterocycles. The van der Waals surface area contributed by atoms with Crippen LogP contribution < -0.4 is 15.2 Å². The lowest BCUT2D eigenvalue weighted by Crippen LogP contribution is -2.38. The van der Waals surface area contributed by atoms with Gasteiger partial charge in [-0.3, -0.25) is 0 Å². The summed E-state index contributed by atoms with van der Waals surface area (Å²) in [6, 6.07) is 7.31. The van der Waals surface area contributed by atoms with Gasteiger partial charge in [-0.1, -0.05) is 34.5 Å². The second-order valence-electron chi connectivity index (χ2n) is 6.85. The van der Waals surface area contributed by atoms with Crippen molar-refractivity contribution >= 4 is 34.5 Å². The Morgan fingerprint density at radius 2 is 1.94 bits per heavy atom. The van der Waals surface area contributed by atoms with E-state index in [9.17, 15) is 4.39 Å². The largest absolute Gasteiger partial charge is 0.489 e. The Labute approximate surface area is 191 Å². The van der Waals surface area contributed by atoms with Crippen molar-refractivity contribution in [3.8, 4) is 32.6 Å². The van der Waals surface area contributed by atoms with E-state index in [0.717, 1.165) is 5.56 Å². The first kappa shape index (κ1) is 22.2. The Hall–Kier alpha value is -2.01. The lowest BCUT2D eigenvalue weighted by Gasteiger charge is -2.27. The van der Waals surface area contributed by atoms with Crippen LogP contribution in [0.15, 0.2) is 30.3 Å². The summed E-state index contributed by atoms with van der Waals surface area (Å²) in [5.74, 6) is -0.0995. The Bertz CT molecular complexity index is 1080. The van der Waals surface area contributed by atoms with Crippen LogP contribution >= 0.6 is 34.5 Å². The minimum atomic E-state index is -0.620. The maximum atomic E-state index is 14.5. The summed E-state index contributed by atoms with van der Waals surface area (Å²) < 4.78 is 30.6. The van der Waals surface area contributed by atoms with Crippen molar-refractivity contribution in [1.82, 2.24) is 10.2 Å². The molecule has 1 aromatic heterocycles. The number of halogens is 3. The van der Waals surface area contributed by atoms with Crippen LogP contribution in [-0.4, -0.2) is 53.9 Å². The molecule has 164 valence electrons. The number of nitrogens with zero attached hydrogens (tertiary/aromatic N) is 2. The summed E-state index contributed by atoms with van der Waals surface area (Å²) in [6.07, 6.45) is 0.0137. The highest BCUT2D eigenvalue weighted by atomic mass is 35.5. The molecule has 1 aliphatic heterocycles. The second kappa shape index (κ2) is 9.64. The SMILES string of the molecule is N[C@H](CO)COc1cc(Cl)c(-c2nnc(-c3ccc(OC4COC4)c(Cl)c3)s2)cc1F. The standard InChI is InChI=1S/C20H18Cl2FN3O4S/c21-14-5-18(29-7-11(24)6-27)16(23)4-13(14)20-26-25-19(31-20)10-1-2-17(15(22)3-10)30-12-8-28-9-12/h1-5,11-12,27H,6-9,24H2/t11-/m1/s1. The van der Waals surface area contributed by atoms with Crippen molar-refractivity contribution in [2.45, 2.75) is 12.1 Å². The quantitative estimate of drug-likeness (QED) is 0.500. The van der Waals surface area contributed by atoms with Crippen LogP contribution in [0.1, 0.15) is 0 Å². The molecule has 7 nitrogen and oxygen atoms in total. The molecular formula is C20H18Cl2FN3O4S. The molecule has 1 aliphatic rings. The van der Waals surface area contributed by atoms with Gasteiger partial charge in [-0.2, -0.15) is 0 Å². The molecule has 11 heteroatoms. The van der Waals surface area contributed by atoms with Crippen LogP contribution in [0.4, 0.5) is 4.39 Å². The first-order valence-electron chi connectivity index (χ1n) is 9.31. The summed E-state index contributed by atoms with van der Waals surface area (Å²) in [7, 11) is 0. The van der Waals surface area contributed by atoms with Gasteiger partial charge < -0.3 is 25.1 Å². The average molecular weight is 486 g/mol. The molecule has 1 saturated heterocycles. The van der Waals surface area contributed by atoms with Crippen LogP contribution in [0.5, 0.6) is 11.5 Å². The fourth-order valence-corrected chi connectivity index (χ4v) is 4.09. The summed E-state index contributed by atoms with van der Waals surface area (Å²) in [6.45, 7) is 0.786. The third-order valence-electron chi connectivity index (χ3n) is 4.44. The van der Waals surface area contributed by atoms with Gasteiger partial charge in [0.05, 0.1) is 35.9 Å². The number of benzene rings is 2. The number of hydrogen-bond acceptors (Lipinski definition) is 8. The number of aliphatic hydroxyl groups excluding tert-OH is 1. The smallest absolute Gasteiger partial charge is 0.165 e. The highest BCUT2D eigenvalue weighted by Gasteiger charge is 2.22. The molecule has 31 heavy (non-hydrogen) atoms. The molecule has 0 amide bonds. The average Bonchev–Trinajstić information content (AvgIpc) is 3.21. The fraction of sp³-hybridized carbons (Fsp3) is 0.300. The molecule has 2 aromatic carbocycles. The normalized spacial score (nSPS) is 14.9. The van der Waals surface area contributed by atoms with E-state index in [4.69, 9.17) is 48.3 Å². The van der Waals surface area contributed by atoms with Crippen molar-refractivity contribution in [2.24, 2.45) is 5.73 Å². The Kier molecular flexibility index (Phi) is 6.90. The first-order valence-corrected chi connectivity index (χ1v) is 10.9. The molecule has 0 bridgehead atoms. The van der Waals surface area contributed by atoms with Gasteiger partial charge in [0, 0.05) is 17.2 Å². The summed E-state index contributed by atoms with van der Waals surface area (Å²) in [4.78, 5) is 0. The third kappa shape index (κ3) is 5.08. The highest BCUT2D eigenvalue weighted by molar-refractivity contribution is 7.18. The van der Waals surface area contributed by atoms with Crippen molar-refractivity contribution in [2.75, 3.05) is 26.4 Å². The second-order valence-corrected chi connectivity index (χ2v) is 8.64. The molecule has 0 radical (unpaired) electrons. The predicted octanol–water partition coefficient (Wildman–Crippen LogP) is 3.79. The number of aromatic nitrogens is 2. The van der Waals surface area contributed by atoms with E-state index in [1.165, 1.54) is 23.5 Å². The van der Waals surface area contributed by atoms with Crippen LogP contribution in [0, 0.1) is 5.82 Å². The Balaban J connectivity index is 1.53. The number of aliphatic hydroxyl groups is 1. The van der Waals surface area contributed by atoms with Crippen molar-refractivity contribution in [3.63, 3.8) is 0 Å². The van der Waals surface area contributed by atoms with Crippen LogP contribution in [0.25, 0.3) is 21.1 Å². The molecule has 4 rings (SSSR count). The maximum absolute atomic E-state index is 14.5. The number of ether oxygens (including phenoxy) is 3. The zero-order chi connectivity index (χ0) is 22.0. The lowest BCUT2D eigenvalue weighted by molar-refractivity contribution is -0.0796. The number of rotatable bonds is 8. The van der Waals surface area contributed by atoms with Gasteiger partial charge in [0.2, 0.25) is 0 Å². The molecule has 3 aromatic rings. The van der Waals surface area contributed by atoms with Crippen LogP contribution in [0.3, 0.4) is 0 Å². The molecule has 0 unspecified atom stereocenters. The van der Waals surface area contributed by atoms with Gasteiger partial charge >= 0.3 is 0 Å². The van der Waals surface area contributed by atoms with Gasteiger partial charge in [-0.15, -0.1) is 10.2 Å². The maximum Gasteiger partial charge on any atom is 0.165 e. The molecule has 0 spiro atoms. The molecule has 0 aliphatic carbocycles. The Morgan fingerprint density at radius 1 is 1.16 bits per heavy atom. The topological polar surface area (TPSA) is 99.7 Å². The monoisotopic (exact) mass is 485 g/mol. The fourth-order valence-electron chi connectivity index (χ4n) is 2.69. The van der Waals surface area contributed by atoms with Gasteiger partial charge in [0.1, 0.15) is 28.5 Å². The minimum Gasteiger partial charge on any atom is -0.489 e. The van der Waals surface area contributed by atoms with Crippen molar-refractivity contribution in [3.05, 3.63) is 46.2 Å². The van der Waals surface area contributed by atoms with Gasteiger partial charge in [-0.05, 0) is 24.3 Å². The van der Waals surface area contributed by atoms with E-state index >= 15 is 0 Å². The molecular weight excluding hydrogens is 468 g/mol. The predicted molar refractivity (Wildman–Crippen MR) is 117 cm³/mol. The van der Waals surface area contributed by atoms with E-state index in [1.807, 2.05) is 6.07 Å². The number of nitrogens with two attached hydrogens (primary N) is 1. The summed E-state index contributed by atoms with van der Waals surface area (Å²) in [5, 5.41) is 19.0. The van der Waals surface area contributed by atoms with Gasteiger partial charge in [-0.25, -0.2) is 4.39 Å². The summed E-state index contributed by atoms with van der Waals surface area (Å²) >= 11 is 13.9. The summed E-state index contributed by atoms with van der Waals surface area (Å²) in [5.41, 5.74) is 6.71. The third-order valence-corrected chi connectivity index (χ3v) is 6.06. The molecule has 1 fully saturated rings. The lowest BCUT2D eigenvalue weighted by atomic mass is 10.2. The Morgan fingerprint density at radius 3 is 2.61 bits per heavy atom. The van der Waals surface area contributed by atoms with E-state index in [2.05, 4.69) is 10.2 Å². The van der Waals surface area contributed by atoms with Gasteiger partial charge in [0.15, 0.2) is 11.6 Å². The van der Waals surface area contributed by atoms with Crippen LogP contribution in [0.2, 0.25) is 10.0 Å². The van der Waals surface area contributed by atoms with E-state index in [0.29, 0.717) is 39.6 Å². The highest BCUT2D eigenvalue weighted by Crippen LogP contribution is 2.38. The van der Waals surface area contributed by atoms with Crippen molar-refractivity contribution in [1.29, 1.82) is 0 Å². The van der Waals surface area contributed by atoms with Crippen LogP contribution in [-0.2, 0) is 4.74 Å². The number of hydrogen-bond donors (Lipinski definition) is 2. The molecule has 3 N–H and O–H groups in total. The van der Waals surface area contributed by atoms with Gasteiger partial charge in [0.25, 0.3) is 0 Å². The van der Waals surface area contributed by atoms with E-state index in [-0.39, 0.29) is 30.1 Å². The molecule has 1 atom stereocenters. The minimum absolute atomic E-state index is 0.0137. The van der Waals surface area contributed by atoms with E-state index in [1.54, 1.807) is 12.1 Å². The first-order chi connectivity index (χ1) is 14.9. The zero-order valence-electron chi connectivity index (χ0n) is 16.1. The zero-order valence-corrected chi connectivity index (χ0v) is 18.4.